The van der Waals surface area contributed by atoms with Crippen LogP contribution in [0.25, 0.3) is 0 Å². The molecule has 0 unspecified atom stereocenters. The fraction of sp³-hybridized carbons (Fsp3) is 0.500. The Morgan fingerprint density at radius 3 is 2.07 bits per heavy atom. The van der Waals surface area contributed by atoms with Crippen LogP contribution in [-0.4, -0.2) is 102 Å². The van der Waals surface area contributed by atoms with Gasteiger partial charge in [-0.25, -0.2) is 4.39 Å². The Hall–Kier alpha value is -2.85. The van der Waals surface area contributed by atoms with E-state index in [0.29, 0.717) is 32.7 Å². The van der Waals surface area contributed by atoms with E-state index in [1.54, 1.807) is 4.90 Å². The van der Waals surface area contributed by atoms with Gasteiger partial charge in [0.15, 0.2) is 17.5 Å². The molecule has 2 aromatic heterocycles. The number of aromatic nitrogens is 3. The first-order valence-corrected chi connectivity index (χ1v) is 10.2. The third-order valence-corrected chi connectivity index (χ3v) is 5.64. The number of amides is 1. The van der Waals surface area contributed by atoms with Crippen LogP contribution in [0.2, 0.25) is 0 Å². The molecule has 4 rings (SSSR count). The van der Waals surface area contributed by atoms with Gasteiger partial charge in [-0.1, -0.05) is 0 Å². The summed E-state index contributed by atoms with van der Waals surface area (Å²) in [5.74, 6) is 0.726. The van der Waals surface area contributed by atoms with Crippen molar-refractivity contribution in [3.63, 3.8) is 0 Å². The largest absolute Gasteiger partial charge is 0.395 e. The fourth-order valence-electron chi connectivity index (χ4n) is 3.86. The average molecular weight is 415 g/mol. The van der Waals surface area contributed by atoms with Gasteiger partial charge < -0.3 is 19.8 Å². The third kappa shape index (κ3) is 4.49. The summed E-state index contributed by atoms with van der Waals surface area (Å²) in [6.45, 7) is 6.65. The van der Waals surface area contributed by atoms with Crippen molar-refractivity contribution in [2.24, 2.45) is 0 Å². The maximum Gasteiger partial charge on any atom is 0.257 e. The highest BCUT2D eigenvalue weighted by Gasteiger charge is 2.25. The zero-order valence-corrected chi connectivity index (χ0v) is 16.8. The van der Waals surface area contributed by atoms with Crippen molar-refractivity contribution in [3.05, 3.63) is 42.0 Å². The van der Waals surface area contributed by atoms with E-state index in [2.05, 4.69) is 29.9 Å². The van der Waals surface area contributed by atoms with Gasteiger partial charge in [0, 0.05) is 65.1 Å². The van der Waals surface area contributed by atoms with Gasteiger partial charge in [0.05, 0.1) is 18.4 Å². The Balaban J connectivity index is 1.31. The highest BCUT2D eigenvalue weighted by molar-refractivity contribution is 5.94. The molecule has 1 N–H and O–H groups in total. The first kappa shape index (κ1) is 20.4. The fourth-order valence-corrected chi connectivity index (χ4v) is 3.86. The molecule has 4 heterocycles. The van der Waals surface area contributed by atoms with Gasteiger partial charge in [-0.2, -0.15) is 0 Å². The van der Waals surface area contributed by atoms with E-state index < -0.39 is 5.82 Å². The van der Waals surface area contributed by atoms with Crippen LogP contribution >= 0.6 is 0 Å². The summed E-state index contributed by atoms with van der Waals surface area (Å²) in [7, 11) is 0. The lowest BCUT2D eigenvalue weighted by Crippen LogP contribution is -2.49. The molecule has 0 aromatic carbocycles. The second-order valence-corrected chi connectivity index (χ2v) is 7.44. The molecule has 10 heteroatoms. The topological polar surface area (TPSA) is 88.9 Å². The van der Waals surface area contributed by atoms with Crippen LogP contribution in [-0.2, 0) is 0 Å². The van der Waals surface area contributed by atoms with E-state index >= 15 is 0 Å². The predicted octanol–water partition coefficient (Wildman–Crippen LogP) is 0.0874. The Morgan fingerprint density at radius 1 is 0.933 bits per heavy atom. The van der Waals surface area contributed by atoms with Gasteiger partial charge >= 0.3 is 0 Å². The number of rotatable bonds is 5. The summed E-state index contributed by atoms with van der Waals surface area (Å²) < 4.78 is 13.8. The molecule has 0 aliphatic carbocycles. The number of carbonyl (C=O) groups excluding carboxylic acids is 1. The molecule has 2 aliphatic heterocycles. The molecular formula is C20H26FN7O2. The van der Waals surface area contributed by atoms with E-state index in [4.69, 9.17) is 5.11 Å². The standard InChI is InChI=1S/C20H26FN7O2/c21-17-15-22-4-3-16(17)20(30)28-11-9-27(10-12-28)19-2-1-18(23-24-19)26-7-5-25(6-8-26)13-14-29/h1-4,15,29H,5-14H2. The van der Waals surface area contributed by atoms with E-state index in [1.807, 2.05) is 12.1 Å². The second-order valence-electron chi connectivity index (χ2n) is 7.44. The van der Waals surface area contributed by atoms with Crippen LogP contribution in [0.1, 0.15) is 10.4 Å². The lowest BCUT2D eigenvalue weighted by atomic mass is 10.2. The summed E-state index contributed by atoms with van der Waals surface area (Å²) >= 11 is 0. The lowest BCUT2D eigenvalue weighted by Gasteiger charge is -2.36. The first-order chi connectivity index (χ1) is 14.7. The monoisotopic (exact) mass is 415 g/mol. The van der Waals surface area contributed by atoms with Crippen molar-refractivity contribution in [2.45, 2.75) is 0 Å². The van der Waals surface area contributed by atoms with Gasteiger partial charge in [-0.05, 0) is 18.2 Å². The number of anilines is 2. The number of hydrogen-bond acceptors (Lipinski definition) is 8. The molecule has 160 valence electrons. The molecule has 2 fully saturated rings. The quantitative estimate of drug-likeness (QED) is 0.735. The number of carbonyl (C=O) groups is 1. The summed E-state index contributed by atoms with van der Waals surface area (Å²) in [6.07, 6.45) is 2.49. The number of β-amino-alcohol motifs (C(OH)–C–C–N with tert-alkyl or cyclic N) is 1. The number of aliphatic hydroxyl groups is 1. The van der Waals surface area contributed by atoms with Gasteiger partial charge in [0.25, 0.3) is 5.91 Å². The van der Waals surface area contributed by atoms with Crippen molar-refractivity contribution in [3.8, 4) is 0 Å². The minimum atomic E-state index is -0.594. The van der Waals surface area contributed by atoms with E-state index in [1.165, 1.54) is 12.3 Å². The SMILES string of the molecule is O=C(c1ccncc1F)N1CCN(c2ccc(N3CCN(CCO)CC3)nn2)CC1. The molecule has 0 saturated carbocycles. The smallest absolute Gasteiger partial charge is 0.257 e. The van der Waals surface area contributed by atoms with Crippen molar-refractivity contribution >= 4 is 17.5 Å². The van der Waals surface area contributed by atoms with Crippen LogP contribution in [0.3, 0.4) is 0 Å². The molecule has 9 nitrogen and oxygen atoms in total. The number of hydrogen-bond donors (Lipinski definition) is 1. The summed E-state index contributed by atoms with van der Waals surface area (Å²) in [5.41, 5.74) is 0.0571. The van der Waals surface area contributed by atoms with Crippen LogP contribution in [0.4, 0.5) is 16.0 Å². The molecule has 0 atom stereocenters. The molecule has 2 aliphatic rings. The zero-order valence-electron chi connectivity index (χ0n) is 16.8. The number of halogens is 1. The summed E-state index contributed by atoms with van der Waals surface area (Å²) in [6, 6.07) is 5.36. The molecule has 2 saturated heterocycles. The van der Waals surface area contributed by atoms with Crippen LogP contribution in [0, 0.1) is 5.82 Å². The normalized spacial score (nSPS) is 18.0. The number of piperazine rings is 2. The molecule has 0 bridgehead atoms. The number of nitrogens with zero attached hydrogens (tertiary/aromatic N) is 7. The highest BCUT2D eigenvalue weighted by atomic mass is 19.1. The Kier molecular flexibility index (Phi) is 6.34. The van der Waals surface area contributed by atoms with Gasteiger partial charge in [-0.3, -0.25) is 14.7 Å². The lowest BCUT2D eigenvalue weighted by molar-refractivity contribution is 0.0741. The van der Waals surface area contributed by atoms with E-state index in [0.717, 1.165) is 44.0 Å². The molecular weight excluding hydrogens is 389 g/mol. The van der Waals surface area contributed by atoms with E-state index in [-0.39, 0.29) is 18.1 Å². The van der Waals surface area contributed by atoms with Gasteiger partial charge in [0.2, 0.25) is 0 Å². The Morgan fingerprint density at radius 2 is 1.53 bits per heavy atom. The van der Waals surface area contributed by atoms with Crippen molar-refractivity contribution in [1.29, 1.82) is 0 Å². The maximum absolute atomic E-state index is 13.8. The Labute approximate surface area is 174 Å². The summed E-state index contributed by atoms with van der Waals surface area (Å²) in [4.78, 5) is 24.4. The van der Waals surface area contributed by atoms with Crippen molar-refractivity contribution in [1.82, 2.24) is 25.0 Å². The Bertz CT molecular complexity index is 850. The highest BCUT2D eigenvalue weighted by Crippen LogP contribution is 2.19. The van der Waals surface area contributed by atoms with Crippen molar-refractivity contribution in [2.75, 3.05) is 75.3 Å². The number of pyridine rings is 1. The minimum absolute atomic E-state index is 0.0571. The van der Waals surface area contributed by atoms with Gasteiger partial charge in [-0.15, -0.1) is 10.2 Å². The van der Waals surface area contributed by atoms with Gasteiger partial charge in [0.1, 0.15) is 0 Å². The van der Waals surface area contributed by atoms with E-state index in [9.17, 15) is 9.18 Å². The predicted molar refractivity (Wildman–Crippen MR) is 110 cm³/mol. The van der Waals surface area contributed by atoms with Crippen LogP contribution < -0.4 is 9.80 Å². The van der Waals surface area contributed by atoms with Crippen molar-refractivity contribution < 1.29 is 14.3 Å². The number of aliphatic hydroxyl groups excluding tert-OH is 1. The van der Waals surface area contributed by atoms with Crippen LogP contribution in [0.5, 0.6) is 0 Å². The first-order valence-electron chi connectivity index (χ1n) is 10.2. The average Bonchev–Trinajstić information content (AvgIpc) is 2.80. The molecule has 2 aromatic rings. The molecule has 0 spiro atoms. The maximum atomic E-state index is 13.8. The second kappa shape index (κ2) is 9.31. The minimum Gasteiger partial charge on any atom is -0.395 e. The van der Waals surface area contributed by atoms with Crippen LogP contribution in [0.15, 0.2) is 30.6 Å². The third-order valence-electron chi connectivity index (χ3n) is 5.64. The molecule has 30 heavy (non-hydrogen) atoms. The molecule has 0 radical (unpaired) electrons. The zero-order chi connectivity index (χ0) is 20.9. The molecule has 1 amide bonds. The summed E-state index contributed by atoms with van der Waals surface area (Å²) in [5, 5.41) is 17.8.